The third-order valence-corrected chi connectivity index (χ3v) is 3.86. The van der Waals surface area contributed by atoms with E-state index in [0.29, 0.717) is 5.56 Å². The van der Waals surface area contributed by atoms with Crippen LogP contribution < -0.4 is 5.32 Å². The standard InChI is InChI=1S/C17H22N2O2/c1-4-5-19-10-15(17(20)21-11(2)3)14-6-12-8-18-9-13(12)7-16(14)19/h6-7,10-11,18H,4-5,8-9H2,1-3H3. The summed E-state index contributed by atoms with van der Waals surface area (Å²) in [6, 6.07) is 4.36. The van der Waals surface area contributed by atoms with Crippen LogP contribution in [0.25, 0.3) is 10.9 Å². The zero-order valence-electron chi connectivity index (χ0n) is 12.9. The van der Waals surface area contributed by atoms with E-state index in [0.717, 1.165) is 37.0 Å². The third-order valence-electron chi connectivity index (χ3n) is 3.86. The van der Waals surface area contributed by atoms with Gasteiger partial charge < -0.3 is 14.6 Å². The molecule has 0 radical (unpaired) electrons. The molecule has 2 aromatic rings. The Morgan fingerprint density at radius 1 is 1.33 bits per heavy atom. The van der Waals surface area contributed by atoms with Crippen molar-refractivity contribution in [3.8, 4) is 0 Å². The van der Waals surface area contributed by atoms with E-state index in [4.69, 9.17) is 4.74 Å². The molecule has 2 heterocycles. The predicted octanol–water partition coefficient (Wildman–Crippen LogP) is 3.22. The SMILES string of the molecule is CCCn1cc(C(=O)OC(C)C)c2cc3c(cc21)CNC3. The molecule has 0 saturated carbocycles. The van der Waals surface area contributed by atoms with Gasteiger partial charge in [0, 0.05) is 36.7 Å². The molecule has 1 aromatic carbocycles. The molecular weight excluding hydrogens is 264 g/mol. The average Bonchev–Trinajstić information content (AvgIpc) is 3.00. The zero-order chi connectivity index (χ0) is 15.0. The van der Waals surface area contributed by atoms with Gasteiger partial charge in [0.25, 0.3) is 0 Å². The Morgan fingerprint density at radius 2 is 2.05 bits per heavy atom. The topological polar surface area (TPSA) is 43.3 Å². The van der Waals surface area contributed by atoms with Gasteiger partial charge in [-0.25, -0.2) is 4.79 Å². The highest BCUT2D eigenvalue weighted by Gasteiger charge is 2.20. The van der Waals surface area contributed by atoms with Crippen LogP contribution in [0.5, 0.6) is 0 Å². The van der Waals surface area contributed by atoms with Gasteiger partial charge in [-0.3, -0.25) is 0 Å². The molecule has 4 nitrogen and oxygen atoms in total. The molecule has 0 aliphatic carbocycles. The van der Waals surface area contributed by atoms with Gasteiger partial charge in [-0.05, 0) is 43.5 Å². The minimum Gasteiger partial charge on any atom is -0.459 e. The number of nitrogens with one attached hydrogen (secondary N) is 1. The number of carbonyl (C=O) groups is 1. The van der Waals surface area contributed by atoms with E-state index in [-0.39, 0.29) is 12.1 Å². The van der Waals surface area contributed by atoms with Crippen molar-refractivity contribution in [1.29, 1.82) is 0 Å². The molecule has 0 amide bonds. The molecule has 21 heavy (non-hydrogen) atoms. The summed E-state index contributed by atoms with van der Waals surface area (Å²) in [4.78, 5) is 12.3. The summed E-state index contributed by atoms with van der Waals surface area (Å²) in [5, 5.41) is 4.37. The molecule has 1 aliphatic rings. The fraction of sp³-hybridized carbons (Fsp3) is 0.471. The van der Waals surface area contributed by atoms with Crippen LogP contribution in [0.3, 0.4) is 0 Å². The van der Waals surface area contributed by atoms with Crippen LogP contribution >= 0.6 is 0 Å². The van der Waals surface area contributed by atoms with Crippen molar-refractivity contribution in [2.45, 2.75) is 52.9 Å². The highest BCUT2D eigenvalue weighted by atomic mass is 16.5. The minimum atomic E-state index is -0.226. The number of fused-ring (bicyclic) bond motifs is 2. The minimum absolute atomic E-state index is 0.0989. The Bertz CT molecular complexity index is 686. The Labute approximate surface area is 125 Å². The van der Waals surface area contributed by atoms with Crippen molar-refractivity contribution in [3.63, 3.8) is 0 Å². The molecule has 1 aromatic heterocycles. The van der Waals surface area contributed by atoms with E-state index in [9.17, 15) is 4.79 Å². The van der Waals surface area contributed by atoms with E-state index in [1.165, 1.54) is 11.1 Å². The van der Waals surface area contributed by atoms with E-state index in [1.54, 1.807) is 0 Å². The highest BCUT2D eigenvalue weighted by Crippen LogP contribution is 2.28. The molecule has 4 heteroatoms. The van der Waals surface area contributed by atoms with Crippen LogP contribution in [0.15, 0.2) is 18.3 Å². The lowest BCUT2D eigenvalue weighted by Crippen LogP contribution is -2.11. The maximum atomic E-state index is 12.3. The van der Waals surface area contributed by atoms with Crippen molar-refractivity contribution < 1.29 is 9.53 Å². The summed E-state index contributed by atoms with van der Waals surface area (Å²) in [7, 11) is 0. The van der Waals surface area contributed by atoms with Gasteiger partial charge in [0.1, 0.15) is 0 Å². The van der Waals surface area contributed by atoms with Gasteiger partial charge in [0.05, 0.1) is 11.7 Å². The Morgan fingerprint density at radius 3 is 2.71 bits per heavy atom. The maximum absolute atomic E-state index is 12.3. The molecule has 0 bridgehead atoms. The molecule has 0 spiro atoms. The van der Waals surface area contributed by atoms with Crippen LogP contribution in [0.2, 0.25) is 0 Å². The number of hydrogen-bond donors (Lipinski definition) is 1. The van der Waals surface area contributed by atoms with Crippen molar-refractivity contribution in [2.75, 3.05) is 0 Å². The van der Waals surface area contributed by atoms with E-state index >= 15 is 0 Å². The summed E-state index contributed by atoms with van der Waals surface area (Å²) < 4.78 is 7.56. The maximum Gasteiger partial charge on any atom is 0.340 e. The van der Waals surface area contributed by atoms with Gasteiger partial charge in [-0.15, -0.1) is 0 Å². The number of nitrogens with zero attached hydrogens (tertiary/aromatic N) is 1. The first kappa shape index (κ1) is 14.1. The number of esters is 1. The average molecular weight is 286 g/mol. The lowest BCUT2D eigenvalue weighted by atomic mass is 10.1. The van der Waals surface area contributed by atoms with Crippen molar-refractivity contribution in [2.24, 2.45) is 0 Å². The largest absolute Gasteiger partial charge is 0.459 e. The second kappa shape index (κ2) is 5.53. The summed E-state index contributed by atoms with van der Waals surface area (Å²) in [5.74, 6) is -0.226. The van der Waals surface area contributed by atoms with E-state index in [2.05, 4.69) is 28.9 Å². The first-order valence-corrected chi connectivity index (χ1v) is 7.66. The number of ether oxygens (including phenoxy) is 1. The second-order valence-electron chi connectivity index (χ2n) is 5.93. The predicted molar refractivity (Wildman–Crippen MR) is 83.3 cm³/mol. The molecule has 0 unspecified atom stereocenters. The number of rotatable bonds is 4. The molecule has 0 fully saturated rings. The van der Waals surface area contributed by atoms with Crippen LogP contribution in [-0.4, -0.2) is 16.6 Å². The van der Waals surface area contributed by atoms with Crippen molar-refractivity contribution >= 4 is 16.9 Å². The van der Waals surface area contributed by atoms with Gasteiger partial charge in [-0.1, -0.05) is 6.92 Å². The number of hydrogen-bond acceptors (Lipinski definition) is 3. The Balaban J connectivity index is 2.13. The third kappa shape index (κ3) is 2.56. The smallest absolute Gasteiger partial charge is 0.340 e. The number of aryl methyl sites for hydroxylation is 1. The first-order chi connectivity index (χ1) is 10.1. The van der Waals surface area contributed by atoms with Crippen molar-refractivity contribution in [3.05, 3.63) is 35.0 Å². The van der Waals surface area contributed by atoms with E-state index in [1.807, 2.05) is 20.0 Å². The molecule has 0 saturated heterocycles. The van der Waals surface area contributed by atoms with Gasteiger partial charge in [0.2, 0.25) is 0 Å². The van der Waals surface area contributed by atoms with Crippen molar-refractivity contribution in [1.82, 2.24) is 9.88 Å². The monoisotopic (exact) mass is 286 g/mol. The first-order valence-electron chi connectivity index (χ1n) is 7.66. The second-order valence-corrected chi connectivity index (χ2v) is 5.93. The summed E-state index contributed by atoms with van der Waals surface area (Å²) >= 11 is 0. The summed E-state index contributed by atoms with van der Waals surface area (Å²) in [6.45, 7) is 8.61. The zero-order valence-corrected chi connectivity index (χ0v) is 12.9. The number of aromatic nitrogens is 1. The van der Waals surface area contributed by atoms with Gasteiger partial charge in [0.15, 0.2) is 0 Å². The fourth-order valence-electron chi connectivity index (χ4n) is 2.95. The summed E-state index contributed by atoms with van der Waals surface area (Å²) in [6.07, 6.45) is 2.89. The van der Waals surface area contributed by atoms with E-state index < -0.39 is 0 Å². The van der Waals surface area contributed by atoms with Crippen LogP contribution in [0.4, 0.5) is 0 Å². The van der Waals surface area contributed by atoms with Gasteiger partial charge >= 0.3 is 5.97 Å². The van der Waals surface area contributed by atoms with Crippen LogP contribution in [0, 0.1) is 0 Å². The molecule has 3 rings (SSSR count). The lowest BCUT2D eigenvalue weighted by Gasteiger charge is -2.07. The Hall–Kier alpha value is -1.81. The van der Waals surface area contributed by atoms with Crippen LogP contribution in [0.1, 0.15) is 48.7 Å². The normalized spacial score (nSPS) is 13.9. The van der Waals surface area contributed by atoms with Gasteiger partial charge in [-0.2, -0.15) is 0 Å². The molecule has 112 valence electrons. The summed E-state index contributed by atoms with van der Waals surface area (Å²) in [5.41, 5.74) is 4.44. The fourth-order valence-corrected chi connectivity index (χ4v) is 2.95. The molecule has 1 N–H and O–H groups in total. The quantitative estimate of drug-likeness (QED) is 0.878. The molecule has 0 atom stereocenters. The Kier molecular flexibility index (Phi) is 3.72. The number of carbonyl (C=O) groups excluding carboxylic acids is 1. The van der Waals surface area contributed by atoms with Crippen LogP contribution in [-0.2, 0) is 24.4 Å². The lowest BCUT2D eigenvalue weighted by molar-refractivity contribution is 0.0380. The number of benzene rings is 1. The highest BCUT2D eigenvalue weighted by molar-refractivity contribution is 6.05. The molecule has 1 aliphatic heterocycles. The molecular formula is C17H22N2O2.